The van der Waals surface area contributed by atoms with Gasteiger partial charge in [-0.1, -0.05) is 0 Å². The number of rotatable bonds is 4. The van der Waals surface area contributed by atoms with E-state index >= 15 is 0 Å². The summed E-state index contributed by atoms with van der Waals surface area (Å²) in [6.07, 6.45) is 2.31. The van der Waals surface area contributed by atoms with Crippen LogP contribution in [0.3, 0.4) is 0 Å². The zero-order valence-corrected chi connectivity index (χ0v) is 10.9. The molecular weight excluding hydrogens is 232 g/mol. The molecule has 1 atom stereocenters. The smallest absolute Gasteiger partial charge is 0.110 e. The summed E-state index contributed by atoms with van der Waals surface area (Å²) >= 11 is 1.57. The Balaban J connectivity index is 1.79. The van der Waals surface area contributed by atoms with E-state index in [0.717, 1.165) is 43.4 Å². The van der Waals surface area contributed by atoms with Gasteiger partial charge in [-0.15, -0.1) is 11.3 Å². The Hall–Kier alpha value is -0.890. The lowest BCUT2D eigenvalue weighted by Gasteiger charge is -2.28. The van der Waals surface area contributed by atoms with E-state index in [1.807, 2.05) is 12.1 Å². The van der Waals surface area contributed by atoms with Crippen LogP contribution in [0.1, 0.15) is 29.5 Å². The number of nitrogens with zero attached hydrogens (tertiary/aromatic N) is 1. The second kappa shape index (κ2) is 6.15. The summed E-state index contributed by atoms with van der Waals surface area (Å²) in [4.78, 5) is 2.03. The van der Waals surface area contributed by atoms with Crippen molar-refractivity contribution in [2.45, 2.75) is 32.4 Å². The number of ether oxygens (including phenoxy) is 1. The van der Waals surface area contributed by atoms with Crippen LogP contribution in [0.2, 0.25) is 0 Å². The molecule has 0 saturated carbocycles. The van der Waals surface area contributed by atoms with Crippen molar-refractivity contribution in [3.63, 3.8) is 0 Å². The maximum Gasteiger partial charge on any atom is 0.110 e. The number of hydrogen-bond donors (Lipinski definition) is 1. The predicted molar refractivity (Wildman–Crippen MR) is 68.9 cm³/mol. The SMILES string of the molecule is CC(NCc1ccc(C#N)s1)C1CCOCC1. The Bertz CT molecular complexity index is 390. The first-order valence-corrected chi connectivity index (χ1v) is 6.91. The molecule has 1 unspecified atom stereocenters. The van der Waals surface area contributed by atoms with E-state index < -0.39 is 0 Å². The zero-order chi connectivity index (χ0) is 12.1. The second-order valence-corrected chi connectivity index (χ2v) is 5.67. The largest absolute Gasteiger partial charge is 0.381 e. The van der Waals surface area contributed by atoms with Crippen molar-refractivity contribution in [3.05, 3.63) is 21.9 Å². The average Bonchev–Trinajstić information content (AvgIpc) is 2.85. The standard InChI is InChI=1S/C13H18N2OS/c1-10(11-4-6-16-7-5-11)15-9-13-3-2-12(8-14)17-13/h2-3,10-11,15H,4-7,9H2,1H3. The number of nitrogens with one attached hydrogen (secondary N) is 1. The molecule has 0 radical (unpaired) electrons. The van der Waals surface area contributed by atoms with Crippen LogP contribution in [0.4, 0.5) is 0 Å². The molecule has 4 heteroatoms. The highest BCUT2D eigenvalue weighted by Gasteiger charge is 2.19. The molecule has 0 bridgehead atoms. The Morgan fingerprint density at radius 2 is 2.29 bits per heavy atom. The molecule has 92 valence electrons. The summed E-state index contributed by atoms with van der Waals surface area (Å²) < 4.78 is 5.37. The first-order valence-electron chi connectivity index (χ1n) is 6.09. The summed E-state index contributed by atoms with van der Waals surface area (Å²) in [6, 6.07) is 6.62. The molecule has 1 fully saturated rings. The van der Waals surface area contributed by atoms with Crippen LogP contribution in [-0.4, -0.2) is 19.3 Å². The lowest BCUT2D eigenvalue weighted by atomic mass is 9.93. The van der Waals surface area contributed by atoms with Gasteiger partial charge in [0.25, 0.3) is 0 Å². The molecular formula is C13H18N2OS. The van der Waals surface area contributed by atoms with E-state index in [4.69, 9.17) is 10.00 Å². The van der Waals surface area contributed by atoms with Crippen LogP contribution < -0.4 is 5.32 Å². The Morgan fingerprint density at radius 1 is 1.53 bits per heavy atom. The van der Waals surface area contributed by atoms with E-state index in [1.165, 1.54) is 4.88 Å². The lowest BCUT2D eigenvalue weighted by molar-refractivity contribution is 0.0558. The van der Waals surface area contributed by atoms with E-state index in [0.29, 0.717) is 6.04 Å². The molecule has 1 saturated heterocycles. The van der Waals surface area contributed by atoms with Crippen molar-refractivity contribution in [1.29, 1.82) is 5.26 Å². The van der Waals surface area contributed by atoms with Crippen LogP contribution in [0, 0.1) is 17.2 Å². The fourth-order valence-corrected chi connectivity index (χ4v) is 2.93. The van der Waals surface area contributed by atoms with Gasteiger partial charge in [-0.25, -0.2) is 0 Å². The van der Waals surface area contributed by atoms with E-state index in [-0.39, 0.29) is 0 Å². The van der Waals surface area contributed by atoms with Crippen LogP contribution in [0.25, 0.3) is 0 Å². The third kappa shape index (κ3) is 3.53. The first-order chi connectivity index (χ1) is 8.29. The Kier molecular flexibility index (Phi) is 4.55. The molecule has 3 nitrogen and oxygen atoms in total. The average molecular weight is 250 g/mol. The topological polar surface area (TPSA) is 45.0 Å². The number of thiophene rings is 1. The van der Waals surface area contributed by atoms with Gasteiger partial charge < -0.3 is 10.1 Å². The summed E-state index contributed by atoms with van der Waals surface area (Å²) in [5.41, 5.74) is 0. The van der Waals surface area contributed by atoms with Gasteiger partial charge in [0.1, 0.15) is 10.9 Å². The third-order valence-electron chi connectivity index (χ3n) is 3.34. The quantitative estimate of drug-likeness (QED) is 0.893. The number of hydrogen-bond acceptors (Lipinski definition) is 4. The van der Waals surface area contributed by atoms with Gasteiger partial charge in [0.15, 0.2) is 0 Å². The molecule has 1 aromatic heterocycles. The monoisotopic (exact) mass is 250 g/mol. The van der Waals surface area contributed by atoms with Gasteiger partial charge in [-0.05, 0) is 37.8 Å². The molecule has 0 aliphatic carbocycles. The van der Waals surface area contributed by atoms with Gasteiger partial charge in [0.2, 0.25) is 0 Å². The molecule has 1 aliphatic rings. The second-order valence-electron chi connectivity index (χ2n) is 4.50. The van der Waals surface area contributed by atoms with Crippen molar-refractivity contribution in [3.8, 4) is 6.07 Å². The van der Waals surface area contributed by atoms with Crippen molar-refractivity contribution >= 4 is 11.3 Å². The normalized spacial score (nSPS) is 18.8. The van der Waals surface area contributed by atoms with Gasteiger partial charge in [-0.2, -0.15) is 5.26 Å². The zero-order valence-electron chi connectivity index (χ0n) is 10.1. The molecule has 2 rings (SSSR count). The van der Waals surface area contributed by atoms with Gasteiger partial charge in [-0.3, -0.25) is 0 Å². The summed E-state index contributed by atoms with van der Waals surface area (Å²) in [7, 11) is 0. The first kappa shape index (κ1) is 12.6. The molecule has 0 spiro atoms. The van der Waals surface area contributed by atoms with Gasteiger partial charge >= 0.3 is 0 Å². The van der Waals surface area contributed by atoms with Crippen molar-refractivity contribution < 1.29 is 4.74 Å². The Labute approximate surface area is 106 Å². The van der Waals surface area contributed by atoms with E-state index in [1.54, 1.807) is 11.3 Å². The summed E-state index contributed by atoms with van der Waals surface area (Å²) in [5, 5.41) is 12.3. The number of nitriles is 1. The van der Waals surface area contributed by atoms with Crippen molar-refractivity contribution in [2.75, 3.05) is 13.2 Å². The fraction of sp³-hybridized carbons (Fsp3) is 0.615. The fourth-order valence-electron chi connectivity index (χ4n) is 2.18. The molecule has 0 aromatic carbocycles. The van der Waals surface area contributed by atoms with E-state index in [9.17, 15) is 0 Å². The minimum Gasteiger partial charge on any atom is -0.381 e. The van der Waals surface area contributed by atoms with Crippen LogP contribution >= 0.6 is 11.3 Å². The summed E-state index contributed by atoms with van der Waals surface area (Å²) in [5.74, 6) is 0.721. The summed E-state index contributed by atoms with van der Waals surface area (Å²) in [6.45, 7) is 4.90. The highest BCUT2D eigenvalue weighted by molar-refractivity contribution is 7.12. The third-order valence-corrected chi connectivity index (χ3v) is 4.33. The van der Waals surface area contributed by atoms with Crippen molar-refractivity contribution in [2.24, 2.45) is 5.92 Å². The maximum absolute atomic E-state index is 8.76. The molecule has 17 heavy (non-hydrogen) atoms. The highest BCUT2D eigenvalue weighted by Crippen LogP contribution is 2.20. The Morgan fingerprint density at radius 3 is 2.94 bits per heavy atom. The minimum absolute atomic E-state index is 0.520. The molecule has 1 aromatic rings. The predicted octanol–water partition coefficient (Wildman–Crippen LogP) is 2.52. The van der Waals surface area contributed by atoms with Crippen LogP contribution in [-0.2, 0) is 11.3 Å². The van der Waals surface area contributed by atoms with E-state index in [2.05, 4.69) is 18.3 Å². The van der Waals surface area contributed by atoms with Gasteiger partial charge in [0, 0.05) is 30.7 Å². The maximum atomic E-state index is 8.76. The van der Waals surface area contributed by atoms with Gasteiger partial charge in [0.05, 0.1) is 0 Å². The van der Waals surface area contributed by atoms with Crippen LogP contribution in [0.15, 0.2) is 12.1 Å². The van der Waals surface area contributed by atoms with Crippen molar-refractivity contribution in [1.82, 2.24) is 5.32 Å². The minimum atomic E-state index is 0.520. The molecule has 1 N–H and O–H groups in total. The molecule has 2 heterocycles. The molecule has 1 aliphatic heterocycles. The van der Waals surface area contributed by atoms with Crippen LogP contribution in [0.5, 0.6) is 0 Å². The molecule has 0 amide bonds. The lowest BCUT2D eigenvalue weighted by Crippen LogP contribution is -2.36. The highest BCUT2D eigenvalue weighted by atomic mass is 32.1.